The number of rotatable bonds is 4. The van der Waals surface area contributed by atoms with Gasteiger partial charge in [-0.2, -0.15) is 5.10 Å². The van der Waals surface area contributed by atoms with Crippen molar-refractivity contribution >= 4 is 23.3 Å². The van der Waals surface area contributed by atoms with E-state index in [1.807, 2.05) is 18.2 Å². The molecule has 1 saturated heterocycles. The Bertz CT molecular complexity index is 885. The Morgan fingerprint density at radius 3 is 2.81 bits per heavy atom. The smallest absolute Gasteiger partial charge is 0.269 e. The summed E-state index contributed by atoms with van der Waals surface area (Å²) in [6, 6.07) is 6.04. The fraction of sp³-hybridized carbons (Fsp3) is 0.421. The molecule has 3 heterocycles. The zero-order valence-electron chi connectivity index (χ0n) is 15.5. The summed E-state index contributed by atoms with van der Waals surface area (Å²) in [5.74, 6) is 0.557. The summed E-state index contributed by atoms with van der Waals surface area (Å²) in [5.41, 5.74) is 3.08. The molecule has 27 heavy (non-hydrogen) atoms. The molecule has 0 radical (unpaired) electrons. The number of ether oxygens (including phenoxy) is 1. The van der Waals surface area contributed by atoms with Crippen molar-refractivity contribution in [3.63, 3.8) is 0 Å². The molecule has 2 aliphatic heterocycles. The molecule has 1 fully saturated rings. The first-order valence-corrected chi connectivity index (χ1v) is 9.15. The summed E-state index contributed by atoms with van der Waals surface area (Å²) in [7, 11) is 3.23. The van der Waals surface area contributed by atoms with E-state index in [4.69, 9.17) is 4.74 Å². The van der Waals surface area contributed by atoms with Crippen molar-refractivity contribution < 1.29 is 14.3 Å². The molecule has 0 bridgehead atoms. The number of nitrogens with zero attached hydrogens (tertiary/aromatic N) is 2. The van der Waals surface area contributed by atoms with Crippen molar-refractivity contribution in [2.24, 2.45) is 0 Å². The molecule has 3 N–H and O–H groups in total. The number of hydrogen-bond donors (Lipinski definition) is 3. The van der Waals surface area contributed by atoms with Crippen molar-refractivity contribution in [3.8, 4) is 5.75 Å². The Hall–Kier alpha value is -3.03. The summed E-state index contributed by atoms with van der Waals surface area (Å²) in [4.78, 5) is 26.7. The van der Waals surface area contributed by atoms with Gasteiger partial charge in [-0.1, -0.05) is 6.07 Å². The molecule has 2 aromatic rings. The van der Waals surface area contributed by atoms with Gasteiger partial charge in [-0.15, -0.1) is 0 Å². The van der Waals surface area contributed by atoms with Crippen LogP contribution in [0.3, 0.4) is 0 Å². The SMILES string of the molecule is CNC(=O)c1[nH]nc2c1C(c1ccc(N3CCCC3)c(OC)c1)CC(=O)N2. The Morgan fingerprint density at radius 1 is 1.33 bits per heavy atom. The minimum atomic E-state index is -0.263. The van der Waals surface area contributed by atoms with Crippen LogP contribution in [0.15, 0.2) is 18.2 Å². The highest BCUT2D eigenvalue weighted by Crippen LogP contribution is 2.41. The lowest BCUT2D eigenvalue weighted by Gasteiger charge is -2.26. The molecule has 1 atom stereocenters. The van der Waals surface area contributed by atoms with Crippen LogP contribution in [0.25, 0.3) is 0 Å². The molecule has 8 nitrogen and oxygen atoms in total. The van der Waals surface area contributed by atoms with Gasteiger partial charge in [0.1, 0.15) is 11.4 Å². The van der Waals surface area contributed by atoms with Crippen molar-refractivity contribution in [2.45, 2.75) is 25.2 Å². The number of carbonyl (C=O) groups is 2. The van der Waals surface area contributed by atoms with Gasteiger partial charge < -0.3 is 20.3 Å². The monoisotopic (exact) mass is 369 g/mol. The first-order valence-electron chi connectivity index (χ1n) is 9.15. The van der Waals surface area contributed by atoms with Crippen LogP contribution < -0.4 is 20.3 Å². The van der Waals surface area contributed by atoms with Gasteiger partial charge >= 0.3 is 0 Å². The van der Waals surface area contributed by atoms with Gasteiger partial charge in [0.05, 0.1) is 12.8 Å². The number of methoxy groups -OCH3 is 1. The van der Waals surface area contributed by atoms with E-state index in [1.54, 1.807) is 14.2 Å². The second-order valence-corrected chi connectivity index (χ2v) is 6.87. The summed E-state index contributed by atoms with van der Waals surface area (Å²) in [6.07, 6.45) is 2.62. The zero-order chi connectivity index (χ0) is 19.0. The van der Waals surface area contributed by atoms with Crippen LogP contribution in [0.4, 0.5) is 11.5 Å². The van der Waals surface area contributed by atoms with E-state index in [1.165, 1.54) is 12.8 Å². The highest BCUT2D eigenvalue weighted by Gasteiger charge is 2.34. The van der Waals surface area contributed by atoms with E-state index < -0.39 is 0 Å². The van der Waals surface area contributed by atoms with Crippen LogP contribution in [0.2, 0.25) is 0 Å². The number of amides is 2. The molecule has 1 aromatic carbocycles. The number of anilines is 2. The molecule has 1 aromatic heterocycles. The second-order valence-electron chi connectivity index (χ2n) is 6.87. The fourth-order valence-corrected chi connectivity index (χ4v) is 3.97. The minimum Gasteiger partial charge on any atom is -0.495 e. The van der Waals surface area contributed by atoms with Gasteiger partial charge in [0.25, 0.3) is 5.91 Å². The third kappa shape index (κ3) is 3.01. The summed E-state index contributed by atoms with van der Waals surface area (Å²) in [6.45, 7) is 2.04. The molecule has 0 aliphatic carbocycles. The van der Waals surface area contributed by atoms with Gasteiger partial charge in [0, 0.05) is 38.0 Å². The maximum absolute atomic E-state index is 12.2. The topological polar surface area (TPSA) is 99.3 Å². The number of carbonyl (C=O) groups excluding carboxylic acids is 2. The van der Waals surface area contributed by atoms with E-state index in [-0.39, 0.29) is 24.2 Å². The Balaban J connectivity index is 1.76. The van der Waals surface area contributed by atoms with Crippen molar-refractivity contribution in [1.29, 1.82) is 0 Å². The number of hydrogen-bond acceptors (Lipinski definition) is 5. The lowest BCUT2D eigenvalue weighted by molar-refractivity contribution is -0.116. The molecule has 1 unspecified atom stereocenters. The van der Waals surface area contributed by atoms with Crippen molar-refractivity contribution in [1.82, 2.24) is 15.5 Å². The van der Waals surface area contributed by atoms with E-state index in [2.05, 4.69) is 25.7 Å². The molecular weight excluding hydrogens is 346 g/mol. The number of H-pyrrole nitrogens is 1. The molecule has 4 rings (SSSR count). The Kier molecular flexibility index (Phi) is 4.47. The quantitative estimate of drug-likeness (QED) is 0.764. The lowest BCUT2D eigenvalue weighted by atomic mass is 9.85. The number of nitrogens with one attached hydrogen (secondary N) is 3. The summed E-state index contributed by atoms with van der Waals surface area (Å²) >= 11 is 0. The van der Waals surface area contributed by atoms with E-state index >= 15 is 0 Å². The van der Waals surface area contributed by atoms with E-state index in [9.17, 15) is 9.59 Å². The largest absolute Gasteiger partial charge is 0.495 e. The van der Waals surface area contributed by atoms with Crippen LogP contribution in [0.5, 0.6) is 5.75 Å². The number of benzene rings is 1. The van der Waals surface area contributed by atoms with E-state index in [0.717, 1.165) is 30.1 Å². The van der Waals surface area contributed by atoms with Crippen LogP contribution >= 0.6 is 0 Å². The third-order valence-corrected chi connectivity index (χ3v) is 5.31. The van der Waals surface area contributed by atoms with Gasteiger partial charge in [0.2, 0.25) is 5.91 Å². The number of aromatic amines is 1. The summed E-state index contributed by atoms with van der Waals surface area (Å²) in [5, 5.41) is 12.2. The van der Waals surface area contributed by atoms with Gasteiger partial charge in [-0.05, 0) is 30.5 Å². The molecule has 0 spiro atoms. The van der Waals surface area contributed by atoms with Crippen LogP contribution in [-0.2, 0) is 4.79 Å². The average Bonchev–Trinajstić information content (AvgIpc) is 3.36. The standard InChI is InChI=1S/C19H23N5O3/c1-20-19(26)17-16-12(10-15(25)21-18(16)23-22-17)11-5-6-13(14(9-11)27-2)24-7-3-4-8-24/h5-6,9,12H,3-4,7-8,10H2,1-2H3,(H,20,26)(H2,21,22,23,25). The second kappa shape index (κ2) is 6.94. The molecule has 8 heteroatoms. The van der Waals surface area contributed by atoms with Crippen molar-refractivity contribution in [3.05, 3.63) is 35.0 Å². The molecule has 142 valence electrons. The van der Waals surface area contributed by atoms with Crippen LogP contribution in [0.1, 0.15) is 46.8 Å². The Morgan fingerprint density at radius 2 is 2.11 bits per heavy atom. The number of aromatic nitrogens is 2. The predicted molar refractivity (Wildman–Crippen MR) is 102 cm³/mol. The molecule has 2 aliphatic rings. The molecule has 0 saturated carbocycles. The van der Waals surface area contributed by atoms with E-state index in [0.29, 0.717) is 17.1 Å². The predicted octanol–water partition coefficient (Wildman–Crippen LogP) is 1.85. The van der Waals surface area contributed by atoms with Gasteiger partial charge in [-0.3, -0.25) is 14.7 Å². The van der Waals surface area contributed by atoms with Crippen LogP contribution in [0, 0.1) is 0 Å². The maximum Gasteiger partial charge on any atom is 0.269 e. The van der Waals surface area contributed by atoms with Crippen LogP contribution in [-0.4, -0.2) is 49.3 Å². The fourth-order valence-electron chi connectivity index (χ4n) is 3.97. The maximum atomic E-state index is 12.2. The van der Waals surface area contributed by atoms with Gasteiger partial charge in [0.15, 0.2) is 5.82 Å². The highest BCUT2D eigenvalue weighted by atomic mass is 16.5. The summed E-state index contributed by atoms with van der Waals surface area (Å²) < 4.78 is 5.64. The van der Waals surface area contributed by atoms with Crippen molar-refractivity contribution in [2.75, 3.05) is 37.5 Å². The first-order chi connectivity index (χ1) is 13.1. The zero-order valence-corrected chi connectivity index (χ0v) is 15.5. The normalized spacial score (nSPS) is 18.8. The minimum absolute atomic E-state index is 0.120. The lowest BCUT2D eigenvalue weighted by Crippen LogP contribution is -2.26. The Labute approximate surface area is 157 Å². The molecule has 2 amide bonds. The highest BCUT2D eigenvalue weighted by molar-refractivity contribution is 6.00. The molecular formula is C19H23N5O3. The third-order valence-electron chi connectivity index (χ3n) is 5.31. The first kappa shape index (κ1) is 17.4. The average molecular weight is 369 g/mol. The number of fused-ring (bicyclic) bond motifs is 1. The van der Waals surface area contributed by atoms with Gasteiger partial charge in [-0.25, -0.2) is 0 Å².